The molecule has 0 aliphatic heterocycles. The zero-order valence-electron chi connectivity index (χ0n) is 14.7. The summed E-state index contributed by atoms with van der Waals surface area (Å²) in [5.41, 5.74) is 1.67. The van der Waals surface area contributed by atoms with Crippen molar-refractivity contribution in [3.05, 3.63) is 101 Å². The van der Waals surface area contributed by atoms with Crippen LogP contribution in [-0.2, 0) is 10.3 Å². The van der Waals surface area contributed by atoms with Crippen LogP contribution in [0.15, 0.2) is 78.9 Å². The van der Waals surface area contributed by atoms with E-state index < -0.39 is 11.6 Å². The Bertz CT molecular complexity index is 1050. The van der Waals surface area contributed by atoms with Gasteiger partial charge in [0, 0.05) is 0 Å². The lowest BCUT2D eigenvalue weighted by atomic mass is 9.85. The van der Waals surface area contributed by atoms with Crippen LogP contribution in [0.3, 0.4) is 0 Å². The van der Waals surface area contributed by atoms with Crippen molar-refractivity contribution in [2.75, 3.05) is 7.11 Å². The summed E-state index contributed by atoms with van der Waals surface area (Å²) in [6, 6.07) is 23.8. The number of carbonyl (C=O) groups excluding carboxylic acids is 1. The lowest BCUT2D eigenvalue weighted by Crippen LogP contribution is -2.30. The maximum absolute atomic E-state index is 11.8. The van der Waals surface area contributed by atoms with Gasteiger partial charge in [-0.25, -0.2) is 9.78 Å². The van der Waals surface area contributed by atoms with Gasteiger partial charge in [0.2, 0.25) is 0 Å². The summed E-state index contributed by atoms with van der Waals surface area (Å²) >= 11 is 0. The highest BCUT2D eigenvalue weighted by Gasteiger charge is 2.36. The fourth-order valence-electron chi connectivity index (χ4n) is 3.22. The number of esters is 1. The molecular weight excluding hydrogens is 340 g/mol. The number of aliphatic hydroxyl groups is 1. The van der Waals surface area contributed by atoms with Crippen molar-refractivity contribution in [1.29, 1.82) is 0 Å². The highest BCUT2D eigenvalue weighted by Crippen LogP contribution is 2.35. The number of imidazole rings is 1. The maximum atomic E-state index is 11.8. The van der Waals surface area contributed by atoms with Crippen LogP contribution in [0.25, 0.3) is 11.0 Å². The highest BCUT2D eigenvalue weighted by atomic mass is 16.5. The van der Waals surface area contributed by atoms with Crippen LogP contribution >= 0.6 is 0 Å². The van der Waals surface area contributed by atoms with Crippen molar-refractivity contribution in [2.45, 2.75) is 5.60 Å². The Morgan fingerprint density at radius 3 is 2.11 bits per heavy atom. The van der Waals surface area contributed by atoms with E-state index in [2.05, 4.69) is 9.97 Å². The number of benzene rings is 3. The van der Waals surface area contributed by atoms with Gasteiger partial charge in [0.1, 0.15) is 5.82 Å². The van der Waals surface area contributed by atoms with E-state index in [1.807, 2.05) is 60.7 Å². The Morgan fingerprint density at radius 2 is 1.56 bits per heavy atom. The maximum Gasteiger partial charge on any atom is 0.337 e. The molecule has 27 heavy (non-hydrogen) atoms. The van der Waals surface area contributed by atoms with Gasteiger partial charge in [-0.1, -0.05) is 60.7 Å². The molecule has 1 heterocycles. The van der Waals surface area contributed by atoms with Crippen molar-refractivity contribution in [3.8, 4) is 0 Å². The largest absolute Gasteiger partial charge is 0.465 e. The van der Waals surface area contributed by atoms with E-state index in [0.29, 0.717) is 33.5 Å². The van der Waals surface area contributed by atoms with Gasteiger partial charge in [-0.2, -0.15) is 0 Å². The van der Waals surface area contributed by atoms with Crippen molar-refractivity contribution < 1.29 is 14.6 Å². The number of ether oxygens (including phenoxy) is 1. The smallest absolute Gasteiger partial charge is 0.337 e. The van der Waals surface area contributed by atoms with E-state index in [1.54, 1.807) is 18.2 Å². The molecule has 0 spiro atoms. The Hall–Kier alpha value is -3.44. The SMILES string of the molecule is COC(=O)c1ccc2nc(C(O)(c3ccccc3)c3ccccc3)[nH]c2c1. The van der Waals surface area contributed by atoms with Crippen LogP contribution in [0.1, 0.15) is 27.3 Å². The first-order valence-corrected chi connectivity index (χ1v) is 8.55. The van der Waals surface area contributed by atoms with Crippen LogP contribution in [0.2, 0.25) is 0 Å². The summed E-state index contributed by atoms with van der Waals surface area (Å²) in [6.45, 7) is 0. The molecule has 0 amide bonds. The number of rotatable bonds is 4. The molecule has 0 aliphatic rings. The van der Waals surface area contributed by atoms with Gasteiger partial charge < -0.3 is 14.8 Å². The van der Waals surface area contributed by atoms with Gasteiger partial charge in [0.05, 0.1) is 23.7 Å². The van der Waals surface area contributed by atoms with Gasteiger partial charge in [0.15, 0.2) is 5.60 Å². The van der Waals surface area contributed by atoms with Gasteiger partial charge >= 0.3 is 5.97 Å². The van der Waals surface area contributed by atoms with Crippen LogP contribution in [0.5, 0.6) is 0 Å². The molecule has 0 radical (unpaired) electrons. The Kier molecular flexibility index (Phi) is 4.22. The van der Waals surface area contributed by atoms with Crippen LogP contribution in [-0.4, -0.2) is 28.2 Å². The molecule has 5 nitrogen and oxygen atoms in total. The average molecular weight is 358 g/mol. The first-order valence-electron chi connectivity index (χ1n) is 8.55. The summed E-state index contributed by atoms with van der Waals surface area (Å²) in [5.74, 6) is -0.0358. The molecular formula is C22H18N2O3. The summed E-state index contributed by atoms with van der Waals surface area (Å²) in [5, 5.41) is 11.8. The first kappa shape index (κ1) is 17.0. The molecule has 3 aromatic carbocycles. The minimum absolute atomic E-state index is 0.386. The predicted molar refractivity (Wildman–Crippen MR) is 102 cm³/mol. The second-order valence-corrected chi connectivity index (χ2v) is 6.25. The molecule has 4 aromatic rings. The number of nitrogens with zero attached hydrogens (tertiary/aromatic N) is 1. The monoisotopic (exact) mass is 358 g/mol. The fourth-order valence-corrected chi connectivity index (χ4v) is 3.22. The molecule has 5 heteroatoms. The first-order chi connectivity index (χ1) is 13.1. The van der Waals surface area contributed by atoms with E-state index in [-0.39, 0.29) is 0 Å². The standard InChI is InChI=1S/C22H18N2O3/c1-27-20(25)15-12-13-18-19(14-15)24-21(23-18)22(26,16-8-4-2-5-9-16)17-10-6-3-7-11-17/h2-14,26H,1H3,(H,23,24). The van der Waals surface area contributed by atoms with Gasteiger partial charge in [-0.3, -0.25) is 0 Å². The number of hydrogen-bond donors (Lipinski definition) is 2. The summed E-state index contributed by atoms with van der Waals surface area (Å²) in [7, 11) is 1.34. The van der Waals surface area contributed by atoms with Crippen LogP contribution in [0, 0.1) is 0 Å². The second kappa shape index (κ2) is 6.70. The van der Waals surface area contributed by atoms with Crippen LogP contribution in [0.4, 0.5) is 0 Å². The number of H-pyrrole nitrogens is 1. The average Bonchev–Trinajstić information content (AvgIpc) is 3.17. The van der Waals surface area contributed by atoms with Crippen LogP contribution < -0.4 is 0 Å². The number of fused-ring (bicyclic) bond motifs is 1. The summed E-state index contributed by atoms with van der Waals surface area (Å²) in [4.78, 5) is 19.6. The Labute approximate surface area is 156 Å². The fraction of sp³-hybridized carbons (Fsp3) is 0.0909. The molecule has 0 fully saturated rings. The van der Waals surface area contributed by atoms with E-state index in [9.17, 15) is 9.90 Å². The number of carbonyl (C=O) groups is 1. The molecule has 4 rings (SSSR count). The normalized spacial score (nSPS) is 11.5. The third-order valence-electron chi connectivity index (χ3n) is 4.63. The molecule has 2 N–H and O–H groups in total. The molecule has 0 aliphatic carbocycles. The Balaban J connectivity index is 1.92. The lowest BCUT2D eigenvalue weighted by molar-refractivity contribution is 0.0601. The predicted octanol–water partition coefficient (Wildman–Crippen LogP) is 3.63. The zero-order chi connectivity index (χ0) is 18.9. The Morgan fingerprint density at radius 1 is 0.963 bits per heavy atom. The third kappa shape index (κ3) is 2.88. The van der Waals surface area contributed by atoms with Gasteiger partial charge in [-0.05, 0) is 29.3 Å². The molecule has 0 atom stereocenters. The number of aromatic nitrogens is 2. The van der Waals surface area contributed by atoms with Crippen molar-refractivity contribution in [2.24, 2.45) is 0 Å². The van der Waals surface area contributed by atoms with Crippen molar-refractivity contribution in [3.63, 3.8) is 0 Å². The molecule has 0 saturated heterocycles. The van der Waals surface area contributed by atoms with E-state index in [0.717, 1.165) is 0 Å². The number of aromatic amines is 1. The third-order valence-corrected chi connectivity index (χ3v) is 4.63. The van der Waals surface area contributed by atoms with E-state index in [1.165, 1.54) is 7.11 Å². The second-order valence-electron chi connectivity index (χ2n) is 6.25. The summed E-state index contributed by atoms with van der Waals surface area (Å²) in [6.07, 6.45) is 0. The zero-order valence-corrected chi connectivity index (χ0v) is 14.7. The van der Waals surface area contributed by atoms with Crippen molar-refractivity contribution >= 4 is 17.0 Å². The topological polar surface area (TPSA) is 75.2 Å². The van der Waals surface area contributed by atoms with Crippen molar-refractivity contribution in [1.82, 2.24) is 9.97 Å². The minimum Gasteiger partial charge on any atom is -0.465 e. The number of methoxy groups -OCH3 is 1. The highest BCUT2D eigenvalue weighted by molar-refractivity contribution is 5.93. The summed E-state index contributed by atoms with van der Waals surface area (Å²) < 4.78 is 4.78. The molecule has 0 saturated carbocycles. The molecule has 134 valence electrons. The molecule has 0 bridgehead atoms. The number of nitrogens with one attached hydrogen (secondary N) is 1. The quantitative estimate of drug-likeness (QED) is 0.546. The molecule has 0 unspecified atom stereocenters. The number of hydrogen-bond acceptors (Lipinski definition) is 4. The van der Waals surface area contributed by atoms with Gasteiger partial charge in [-0.15, -0.1) is 0 Å². The van der Waals surface area contributed by atoms with Gasteiger partial charge in [0.25, 0.3) is 0 Å². The van der Waals surface area contributed by atoms with E-state index in [4.69, 9.17) is 4.74 Å². The van der Waals surface area contributed by atoms with E-state index >= 15 is 0 Å². The minimum atomic E-state index is -1.45. The lowest BCUT2D eigenvalue weighted by Gasteiger charge is -2.27. The molecule has 1 aromatic heterocycles.